The number of amides is 1. The van der Waals surface area contributed by atoms with E-state index < -0.39 is 0 Å². The van der Waals surface area contributed by atoms with Crippen LogP contribution < -0.4 is 5.32 Å². The molecule has 0 saturated carbocycles. The number of aromatic nitrogens is 3. The van der Waals surface area contributed by atoms with Gasteiger partial charge in [-0.2, -0.15) is 0 Å². The lowest BCUT2D eigenvalue weighted by Crippen LogP contribution is -2.33. The lowest BCUT2D eigenvalue weighted by Gasteiger charge is -2.21. The normalized spacial score (nSPS) is 12.8. The van der Waals surface area contributed by atoms with Gasteiger partial charge in [-0.3, -0.25) is 9.36 Å². The fourth-order valence-corrected chi connectivity index (χ4v) is 5.14. The highest BCUT2D eigenvalue weighted by Gasteiger charge is 2.25. The average Bonchev–Trinajstić information content (AvgIpc) is 3.30. The average molecular weight is 505 g/mol. The molecule has 0 bridgehead atoms. The van der Waals surface area contributed by atoms with Crippen molar-refractivity contribution < 1.29 is 4.79 Å². The monoisotopic (exact) mass is 504 g/mol. The highest BCUT2D eigenvalue weighted by molar-refractivity contribution is 7.98. The third-order valence-corrected chi connectivity index (χ3v) is 7.19. The molecule has 4 rings (SSSR count). The molecule has 0 spiro atoms. The Bertz CT molecular complexity index is 1280. The molecule has 2 atom stereocenters. The first kappa shape index (κ1) is 25.0. The third kappa shape index (κ3) is 5.95. The molecule has 7 heteroatoms. The van der Waals surface area contributed by atoms with Gasteiger partial charge in [0.1, 0.15) is 0 Å². The van der Waals surface area contributed by atoms with Crippen molar-refractivity contribution in [2.45, 2.75) is 50.1 Å². The maximum Gasteiger partial charge on any atom is 0.228 e. The van der Waals surface area contributed by atoms with Crippen LogP contribution in [0.15, 0.2) is 84.0 Å². The van der Waals surface area contributed by atoms with Crippen molar-refractivity contribution in [1.29, 1.82) is 0 Å². The number of benzene rings is 3. The minimum absolute atomic E-state index is 0.0259. The van der Waals surface area contributed by atoms with Crippen molar-refractivity contribution in [3.63, 3.8) is 0 Å². The maximum absolute atomic E-state index is 13.2. The summed E-state index contributed by atoms with van der Waals surface area (Å²) in [5.74, 6) is 1.17. The number of rotatable bonds is 9. The molecule has 0 saturated heterocycles. The van der Waals surface area contributed by atoms with Crippen LogP contribution in [0.1, 0.15) is 54.7 Å². The zero-order valence-corrected chi connectivity index (χ0v) is 21.7. The summed E-state index contributed by atoms with van der Waals surface area (Å²) in [5, 5.41) is 13.6. The fourth-order valence-electron chi connectivity index (χ4n) is 4.06. The fraction of sp³-hybridized carbons (Fsp3) is 0.250. The molecule has 0 fully saturated rings. The van der Waals surface area contributed by atoms with Crippen molar-refractivity contribution in [3.05, 3.63) is 106 Å². The molecule has 180 valence electrons. The van der Waals surface area contributed by atoms with Gasteiger partial charge in [0.2, 0.25) is 5.91 Å². The second kappa shape index (κ2) is 11.6. The smallest absolute Gasteiger partial charge is 0.228 e. The molecule has 1 N–H and O–H groups in total. The minimum atomic E-state index is -0.350. The number of halogens is 1. The number of hydrogen-bond donors (Lipinski definition) is 1. The van der Waals surface area contributed by atoms with Gasteiger partial charge in [-0.05, 0) is 49.1 Å². The molecule has 1 aromatic heterocycles. The van der Waals surface area contributed by atoms with Crippen LogP contribution in [0.25, 0.3) is 5.69 Å². The summed E-state index contributed by atoms with van der Waals surface area (Å²) >= 11 is 7.98. The molecule has 1 amide bonds. The number of carbonyl (C=O) groups is 1. The summed E-state index contributed by atoms with van der Waals surface area (Å²) < 4.78 is 2.02. The van der Waals surface area contributed by atoms with E-state index in [4.69, 9.17) is 11.6 Å². The van der Waals surface area contributed by atoms with E-state index >= 15 is 0 Å². The Balaban J connectivity index is 1.65. The molecule has 0 aliphatic heterocycles. The van der Waals surface area contributed by atoms with Gasteiger partial charge in [-0.1, -0.05) is 97.0 Å². The van der Waals surface area contributed by atoms with E-state index in [1.54, 1.807) is 11.8 Å². The zero-order chi connectivity index (χ0) is 24.8. The Hall–Kier alpha value is -3.09. The number of aryl methyl sites for hydroxylation is 1. The second-order valence-electron chi connectivity index (χ2n) is 8.48. The van der Waals surface area contributed by atoms with Gasteiger partial charge in [0, 0.05) is 10.8 Å². The van der Waals surface area contributed by atoms with Crippen LogP contribution >= 0.6 is 23.4 Å². The zero-order valence-electron chi connectivity index (χ0n) is 20.1. The number of nitrogens with one attached hydrogen (secondary N) is 1. The molecule has 1 heterocycles. The van der Waals surface area contributed by atoms with Crippen molar-refractivity contribution in [2.24, 2.45) is 0 Å². The largest absolute Gasteiger partial charge is 0.346 e. The van der Waals surface area contributed by atoms with E-state index in [0.29, 0.717) is 17.3 Å². The highest BCUT2D eigenvalue weighted by Crippen LogP contribution is 2.31. The quantitative estimate of drug-likeness (QED) is 0.252. The van der Waals surface area contributed by atoms with Gasteiger partial charge in [-0.15, -0.1) is 10.2 Å². The second-order valence-corrected chi connectivity index (χ2v) is 9.86. The van der Waals surface area contributed by atoms with E-state index in [9.17, 15) is 4.79 Å². The Morgan fingerprint density at radius 1 is 1.03 bits per heavy atom. The molecule has 0 aliphatic rings. The van der Waals surface area contributed by atoms with Crippen molar-refractivity contribution in [2.75, 3.05) is 0 Å². The van der Waals surface area contributed by atoms with Crippen molar-refractivity contribution >= 4 is 29.3 Å². The maximum atomic E-state index is 13.2. The first-order chi connectivity index (χ1) is 17.0. The van der Waals surface area contributed by atoms with E-state index in [1.165, 1.54) is 5.56 Å². The van der Waals surface area contributed by atoms with Crippen LogP contribution in [0, 0.1) is 6.92 Å². The van der Waals surface area contributed by atoms with Crippen LogP contribution in [0.5, 0.6) is 0 Å². The standard InChI is InChI=1S/C28H29ClN4OS/c1-4-24(22-13-9-6-10-14-22)27(34)30-20(3)26-31-32-28(35-18-21-11-7-5-8-12-21)33(26)25-17-23(29)16-15-19(25)2/h5-17,20,24H,4,18H2,1-3H3,(H,30,34). The Morgan fingerprint density at radius 3 is 2.40 bits per heavy atom. The van der Waals surface area contributed by atoms with E-state index in [2.05, 4.69) is 27.6 Å². The van der Waals surface area contributed by atoms with E-state index in [1.807, 2.05) is 92.1 Å². The Kier molecular flexibility index (Phi) is 8.26. The lowest BCUT2D eigenvalue weighted by atomic mass is 9.95. The molecule has 0 aliphatic carbocycles. The lowest BCUT2D eigenvalue weighted by molar-refractivity contribution is -0.123. The van der Waals surface area contributed by atoms with Crippen LogP contribution in [0.2, 0.25) is 5.02 Å². The molecule has 2 unspecified atom stereocenters. The van der Waals surface area contributed by atoms with Gasteiger partial charge in [-0.25, -0.2) is 0 Å². The number of nitrogens with zero attached hydrogens (tertiary/aromatic N) is 3. The van der Waals surface area contributed by atoms with Crippen LogP contribution in [-0.4, -0.2) is 20.7 Å². The molecular weight excluding hydrogens is 476 g/mol. The highest BCUT2D eigenvalue weighted by atomic mass is 35.5. The number of carbonyl (C=O) groups excluding carboxylic acids is 1. The van der Waals surface area contributed by atoms with Crippen molar-refractivity contribution in [1.82, 2.24) is 20.1 Å². The summed E-state index contributed by atoms with van der Waals surface area (Å²) in [6.45, 7) is 6.01. The summed E-state index contributed by atoms with van der Waals surface area (Å²) in [6.07, 6.45) is 0.709. The molecule has 35 heavy (non-hydrogen) atoms. The summed E-state index contributed by atoms with van der Waals surface area (Å²) in [5.41, 5.74) is 4.16. The van der Waals surface area contributed by atoms with Crippen LogP contribution in [0.3, 0.4) is 0 Å². The van der Waals surface area contributed by atoms with Crippen LogP contribution in [-0.2, 0) is 10.5 Å². The van der Waals surface area contributed by atoms with Gasteiger partial charge in [0.25, 0.3) is 0 Å². The predicted molar refractivity (Wildman–Crippen MR) is 143 cm³/mol. The van der Waals surface area contributed by atoms with Gasteiger partial charge >= 0.3 is 0 Å². The van der Waals surface area contributed by atoms with Gasteiger partial charge < -0.3 is 5.32 Å². The molecule has 5 nitrogen and oxygen atoms in total. The van der Waals surface area contributed by atoms with E-state index in [-0.39, 0.29) is 17.9 Å². The first-order valence-corrected chi connectivity index (χ1v) is 13.1. The predicted octanol–water partition coefficient (Wildman–Crippen LogP) is 6.89. The third-order valence-electron chi connectivity index (χ3n) is 5.95. The number of hydrogen-bond acceptors (Lipinski definition) is 4. The van der Waals surface area contributed by atoms with Gasteiger partial charge in [0.05, 0.1) is 17.6 Å². The molecule has 3 aromatic carbocycles. The Labute approximate surface area is 215 Å². The molecule has 4 aromatic rings. The Morgan fingerprint density at radius 2 is 1.71 bits per heavy atom. The molecule has 0 radical (unpaired) electrons. The number of thioether (sulfide) groups is 1. The summed E-state index contributed by atoms with van der Waals surface area (Å²) in [6, 6.07) is 25.6. The van der Waals surface area contributed by atoms with E-state index in [0.717, 1.165) is 27.7 Å². The van der Waals surface area contributed by atoms with Gasteiger partial charge in [0.15, 0.2) is 11.0 Å². The topological polar surface area (TPSA) is 59.8 Å². The first-order valence-electron chi connectivity index (χ1n) is 11.7. The van der Waals surface area contributed by atoms with Crippen LogP contribution in [0.4, 0.5) is 0 Å². The summed E-state index contributed by atoms with van der Waals surface area (Å²) in [7, 11) is 0. The summed E-state index contributed by atoms with van der Waals surface area (Å²) in [4.78, 5) is 13.2. The SMILES string of the molecule is CCC(C(=O)NC(C)c1nnc(SCc2ccccc2)n1-c1cc(Cl)ccc1C)c1ccccc1. The molecular formula is C28H29ClN4OS. The minimum Gasteiger partial charge on any atom is -0.346 e. The van der Waals surface area contributed by atoms with Crippen molar-refractivity contribution in [3.8, 4) is 5.69 Å².